The summed E-state index contributed by atoms with van der Waals surface area (Å²) in [5, 5.41) is 0.817. The van der Waals surface area contributed by atoms with Crippen molar-refractivity contribution in [2.75, 3.05) is 13.1 Å². The zero-order valence-electron chi connectivity index (χ0n) is 14.9. The van der Waals surface area contributed by atoms with Gasteiger partial charge in [-0.15, -0.1) is 0 Å². The van der Waals surface area contributed by atoms with Gasteiger partial charge in [-0.25, -0.2) is 4.98 Å². The van der Waals surface area contributed by atoms with Crippen molar-refractivity contribution in [1.29, 1.82) is 0 Å². The zero-order chi connectivity index (χ0) is 18.6. The monoisotopic (exact) mass is 380 g/mol. The topological polar surface area (TPSA) is 61.9 Å². The highest BCUT2D eigenvalue weighted by Crippen LogP contribution is 2.28. The molecule has 1 saturated heterocycles. The van der Waals surface area contributed by atoms with E-state index in [1.165, 1.54) is 0 Å². The number of halogens is 1. The van der Waals surface area contributed by atoms with Gasteiger partial charge >= 0.3 is 0 Å². The molecule has 0 amide bonds. The Morgan fingerprint density at radius 3 is 2.59 bits per heavy atom. The van der Waals surface area contributed by atoms with Gasteiger partial charge < -0.3 is 4.98 Å². The quantitative estimate of drug-likeness (QED) is 0.746. The van der Waals surface area contributed by atoms with Crippen LogP contribution in [0.15, 0.2) is 59.7 Å². The van der Waals surface area contributed by atoms with Gasteiger partial charge in [-0.05, 0) is 49.7 Å². The second-order valence-electron chi connectivity index (χ2n) is 6.90. The Morgan fingerprint density at radius 2 is 1.85 bits per heavy atom. The lowest BCUT2D eigenvalue weighted by molar-refractivity contribution is 0.203. The van der Waals surface area contributed by atoms with Crippen LogP contribution in [0.4, 0.5) is 0 Å². The Balaban J connectivity index is 1.46. The molecule has 1 aliphatic rings. The molecule has 6 heteroatoms. The summed E-state index contributed by atoms with van der Waals surface area (Å²) in [6.45, 7) is 2.79. The van der Waals surface area contributed by atoms with Crippen LogP contribution in [0.25, 0.3) is 11.4 Å². The highest BCUT2D eigenvalue weighted by molar-refractivity contribution is 6.31. The Morgan fingerprint density at radius 1 is 1.11 bits per heavy atom. The molecular formula is C21H21ClN4O. The first kappa shape index (κ1) is 17.9. The van der Waals surface area contributed by atoms with E-state index in [0.29, 0.717) is 11.7 Å². The highest BCUT2D eigenvalue weighted by Gasteiger charge is 2.23. The number of aromatic amines is 1. The molecule has 0 radical (unpaired) electrons. The lowest BCUT2D eigenvalue weighted by Gasteiger charge is -2.31. The Bertz CT molecular complexity index is 965. The normalized spacial score (nSPS) is 15.7. The van der Waals surface area contributed by atoms with E-state index in [0.717, 1.165) is 54.3 Å². The third-order valence-corrected chi connectivity index (χ3v) is 5.44. The number of pyridine rings is 1. The Hall–Kier alpha value is -2.50. The van der Waals surface area contributed by atoms with Crippen molar-refractivity contribution >= 4 is 11.6 Å². The molecule has 27 heavy (non-hydrogen) atoms. The summed E-state index contributed by atoms with van der Waals surface area (Å²) in [6, 6.07) is 13.3. The maximum absolute atomic E-state index is 12.1. The fourth-order valence-corrected chi connectivity index (χ4v) is 3.78. The predicted octanol–water partition coefficient (Wildman–Crippen LogP) is 3.86. The minimum Gasteiger partial charge on any atom is -0.307 e. The van der Waals surface area contributed by atoms with Crippen molar-refractivity contribution in [3.63, 3.8) is 0 Å². The first-order valence-corrected chi connectivity index (χ1v) is 9.54. The van der Waals surface area contributed by atoms with Gasteiger partial charge in [-0.3, -0.25) is 14.7 Å². The molecule has 3 aromatic rings. The molecule has 4 rings (SSSR count). The fraction of sp³-hybridized carbons (Fsp3) is 0.286. The first-order valence-electron chi connectivity index (χ1n) is 9.16. The van der Waals surface area contributed by atoms with E-state index in [-0.39, 0.29) is 5.56 Å². The summed E-state index contributed by atoms with van der Waals surface area (Å²) >= 11 is 6.28. The van der Waals surface area contributed by atoms with Crippen LogP contribution < -0.4 is 5.56 Å². The number of benzene rings is 1. The van der Waals surface area contributed by atoms with Crippen molar-refractivity contribution in [2.24, 2.45) is 0 Å². The van der Waals surface area contributed by atoms with Gasteiger partial charge in [0.1, 0.15) is 5.82 Å². The second kappa shape index (κ2) is 8.03. The van der Waals surface area contributed by atoms with E-state index in [4.69, 9.17) is 16.6 Å². The third kappa shape index (κ3) is 4.26. The van der Waals surface area contributed by atoms with Crippen molar-refractivity contribution in [3.8, 4) is 11.4 Å². The van der Waals surface area contributed by atoms with E-state index < -0.39 is 0 Å². The van der Waals surface area contributed by atoms with Crippen LogP contribution in [0.3, 0.4) is 0 Å². The average molecular weight is 381 g/mol. The van der Waals surface area contributed by atoms with Crippen molar-refractivity contribution < 1.29 is 0 Å². The maximum Gasteiger partial charge on any atom is 0.251 e. The molecule has 2 aromatic heterocycles. The SMILES string of the molecule is O=c1cc(C2CCN(Cc3ccccc3Cl)CC2)nc(-c2ccncc2)[nH]1. The van der Waals surface area contributed by atoms with E-state index in [1.54, 1.807) is 18.5 Å². The highest BCUT2D eigenvalue weighted by atomic mass is 35.5. The number of piperidine rings is 1. The molecule has 0 unspecified atom stereocenters. The predicted molar refractivity (Wildman–Crippen MR) is 107 cm³/mol. The summed E-state index contributed by atoms with van der Waals surface area (Å²) in [4.78, 5) is 26.1. The summed E-state index contributed by atoms with van der Waals surface area (Å²) in [6.07, 6.45) is 5.37. The molecular weight excluding hydrogens is 360 g/mol. The van der Waals surface area contributed by atoms with Crippen LogP contribution in [0.5, 0.6) is 0 Å². The third-order valence-electron chi connectivity index (χ3n) is 5.07. The van der Waals surface area contributed by atoms with E-state index in [9.17, 15) is 4.79 Å². The van der Waals surface area contributed by atoms with Gasteiger partial charge in [-0.1, -0.05) is 29.8 Å². The number of hydrogen-bond acceptors (Lipinski definition) is 4. The molecule has 1 fully saturated rings. The van der Waals surface area contributed by atoms with E-state index >= 15 is 0 Å². The lowest BCUT2D eigenvalue weighted by Crippen LogP contribution is -2.33. The largest absolute Gasteiger partial charge is 0.307 e. The molecule has 1 aromatic carbocycles. The summed E-state index contributed by atoms with van der Waals surface area (Å²) in [5.41, 5.74) is 2.81. The fourth-order valence-electron chi connectivity index (χ4n) is 3.59. The van der Waals surface area contributed by atoms with Gasteiger partial charge in [0.05, 0.1) is 5.69 Å². The van der Waals surface area contributed by atoms with Gasteiger partial charge in [-0.2, -0.15) is 0 Å². The van der Waals surface area contributed by atoms with Crippen molar-refractivity contribution in [1.82, 2.24) is 19.9 Å². The summed E-state index contributed by atoms with van der Waals surface area (Å²) < 4.78 is 0. The second-order valence-corrected chi connectivity index (χ2v) is 7.30. The van der Waals surface area contributed by atoms with E-state index in [2.05, 4.69) is 20.9 Å². The molecule has 0 spiro atoms. The molecule has 1 aliphatic heterocycles. The van der Waals surface area contributed by atoms with Gasteiger partial charge in [0.2, 0.25) is 0 Å². The zero-order valence-corrected chi connectivity index (χ0v) is 15.7. The molecule has 5 nitrogen and oxygen atoms in total. The number of likely N-dealkylation sites (tertiary alicyclic amines) is 1. The molecule has 0 bridgehead atoms. The molecule has 3 heterocycles. The standard InChI is InChI=1S/C21H21ClN4O/c22-18-4-2-1-3-17(18)14-26-11-7-15(8-12-26)19-13-20(27)25-21(24-19)16-5-9-23-10-6-16/h1-6,9-10,13,15H,7-8,11-12,14H2,(H,24,25,27). The van der Waals surface area contributed by atoms with Gasteiger partial charge in [0, 0.05) is 41.5 Å². The molecule has 0 aliphatic carbocycles. The van der Waals surface area contributed by atoms with Crippen LogP contribution in [-0.2, 0) is 6.54 Å². The van der Waals surface area contributed by atoms with Crippen molar-refractivity contribution in [2.45, 2.75) is 25.3 Å². The maximum atomic E-state index is 12.1. The number of hydrogen-bond donors (Lipinski definition) is 1. The van der Waals surface area contributed by atoms with Crippen molar-refractivity contribution in [3.05, 3.63) is 81.5 Å². The smallest absolute Gasteiger partial charge is 0.251 e. The molecule has 0 saturated carbocycles. The number of H-pyrrole nitrogens is 1. The number of nitrogens with one attached hydrogen (secondary N) is 1. The molecule has 138 valence electrons. The summed E-state index contributed by atoms with van der Waals surface area (Å²) in [7, 11) is 0. The number of nitrogens with zero attached hydrogens (tertiary/aromatic N) is 3. The number of rotatable bonds is 4. The lowest BCUT2D eigenvalue weighted by atomic mass is 9.93. The molecule has 0 atom stereocenters. The average Bonchev–Trinajstić information content (AvgIpc) is 2.70. The first-order chi connectivity index (χ1) is 13.2. The van der Waals surface area contributed by atoms with Gasteiger partial charge in [0.15, 0.2) is 0 Å². The minimum absolute atomic E-state index is 0.106. The van der Waals surface area contributed by atoms with E-state index in [1.807, 2.05) is 30.3 Å². The van der Waals surface area contributed by atoms with Crippen LogP contribution in [-0.4, -0.2) is 32.9 Å². The van der Waals surface area contributed by atoms with Crippen LogP contribution in [0.2, 0.25) is 5.02 Å². The number of aromatic nitrogens is 3. The summed E-state index contributed by atoms with van der Waals surface area (Å²) in [5.74, 6) is 0.911. The van der Waals surface area contributed by atoms with Crippen LogP contribution in [0, 0.1) is 0 Å². The van der Waals surface area contributed by atoms with Crippen LogP contribution in [0.1, 0.15) is 30.0 Å². The Labute approximate surface area is 163 Å². The molecule has 1 N–H and O–H groups in total. The van der Waals surface area contributed by atoms with Crippen LogP contribution >= 0.6 is 11.6 Å². The Kier molecular flexibility index (Phi) is 5.32. The van der Waals surface area contributed by atoms with Gasteiger partial charge in [0.25, 0.3) is 5.56 Å². The minimum atomic E-state index is -0.106.